The maximum Gasteiger partial charge on any atom is 0.314 e. The van der Waals surface area contributed by atoms with Crippen molar-refractivity contribution in [1.29, 1.82) is 0 Å². The highest BCUT2D eigenvalue weighted by atomic mass is 16.6. The van der Waals surface area contributed by atoms with E-state index in [1.807, 2.05) is 6.92 Å². The second-order valence-electron chi connectivity index (χ2n) is 3.75. The third kappa shape index (κ3) is 4.81. The fourth-order valence-electron chi connectivity index (χ4n) is 1.29. The Bertz CT molecular complexity index is 404. The van der Waals surface area contributed by atoms with E-state index in [4.69, 9.17) is 0 Å². The van der Waals surface area contributed by atoms with Crippen LogP contribution in [-0.4, -0.2) is 33.8 Å². The molecule has 2 amide bonds. The molecule has 1 rings (SSSR count). The summed E-state index contributed by atoms with van der Waals surface area (Å²) in [6, 6.07) is -0.231. The molecule has 8 heteroatoms. The summed E-state index contributed by atoms with van der Waals surface area (Å²) in [5.74, 6) is 0. The van der Waals surface area contributed by atoms with E-state index < -0.39 is 4.92 Å². The number of nitro groups is 1. The summed E-state index contributed by atoms with van der Waals surface area (Å²) in [5.41, 5.74) is -0.0533. The Labute approximate surface area is 105 Å². The molecule has 1 heterocycles. The maximum absolute atomic E-state index is 11.3. The van der Waals surface area contributed by atoms with Gasteiger partial charge in [0.25, 0.3) is 0 Å². The van der Waals surface area contributed by atoms with E-state index in [2.05, 4.69) is 15.7 Å². The first kappa shape index (κ1) is 13.9. The van der Waals surface area contributed by atoms with Crippen LogP contribution in [0.25, 0.3) is 0 Å². The Morgan fingerprint density at radius 2 is 2.22 bits per heavy atom. The van der Waals surface area contributed by atoms with Gasteiger partial charge in [-0.2, -0.15) is 5.10 Å². The van der Waals surface area contributed by atoms with E-state index in [0.29, 0.717) is 19.6 Å². The molecule has 100 valence electrons. The topological polar surface area (TPSA) is 102 Å². The maximum atomic E-state index is 11.3. The number of aromatic nitrogens is 2. The lowest BCUT2D eigenvalue weighted by molar-refractivity contribution is -0.385. The van der Waals surface area contributed by atoms with E-state index in [1.54, 1.807) is 0 Å². The van der Waals surface area contributed by atoms with Crippen LogP contribution >= 0.6 is 0 Å². The Balaban J connectivity index is 2.20. The molecule has 8 nitrogen and oxygen atoms in total. The molecule has 0 aliphatic rings. The van der Waals surface area contributed by atoms with E-state index >= 15 is 0 Å². The SMILES string of the molecule is CCCCNC(=O)NCCn1cc([N+](=O)[O-])cn1. The van der Waals surface area contributed by atoms with Crippen molar-refractivity contribution in [3.8, 4) is 0 Å². The highest BCUT2D eigenvalue weighted by molar-refractivity contribution is 5.73. The zero-order chi connectivity index (χ0) is 13.4. The van der Waals surface area contributed by atoms with Crippen LogP contribution in [0.5, 0.6) is 0 Å². The summed E-state index contributed by atoms with van der Waals surface area (Å²) in [6.07, 6.45) is 4.48. The molecule has 0 atom stereocenters. The zero-order valence-electron chi connectivity index (χ0n) is 10.3. The van der Waals surface area contributed by atoms with Crippen molar-refractivity contribution in [3.63, 3.8) is 0 Å². The summed E-state index contributed by atoms with van der Waals surface area (Å²) in [5, 5.41) is 19.6. The Morgan fingerprint density at radius 1 is 1.50 bits per heavy atom. The number of amides is 2. The van der Waals surface area contributed by atoms with E-state index in [-0.39, 0.29) is 11.7 Å². The fraction of sp³-hybridized carbons (Fsp3) is 0.600. The average Bonchev–Trinajstić information content (AvgIpc) is 2.78. The van der Waals surface area contributed by atoms with Gasteiger partial charge in [0.15, 0.2) is 0 Å². The molecule has 0 aliphatic carbocycles. The summed E-state index contributed by atoms with van der Waals surface area (Å²) in [6.45, 7) is 3.46. The molecular formula is C10H17N5O3. The lowest BCUT2D eigenvalue weighted by Crippen LogP contribution is -2.37. The van der Waals surface area contributed by atoms with Crippen molar-refractivity contribution in [2.45, 2.75) is 26.3 Å². The molecule has 0 saturated carbocycles. The van der Waals surface area contributed by atoms with Gasteiger partial charge in [0.1, 0.15) is 12.4 Å². The first-order chi connectivity index (χ1) is 8.63. The van der Waals surface area contributed by atoms with Crippen molar-refractivity contribution in [3.05, 3.63) is 22.5 Å². The van der Waals surface area contributed by atoms with Gasteiger partial charge in [0.2, 0.25) is 0 Å². The molecule has 0 saturated heterocycles. The predicted octanol–water partition coefficient (Wildman–Crippen LogP) is 0.891. The van der Waals surface area contributed by atoms with Crippen LogP contribution in [0.3, 0.4) is 0 Å². The van der Waals surface area contributed by atoms with Crippen LogP contribution in [0.2, 0.25) is 0 Å². The van der Waals surface area contributed by atoms with Gasteiger partial charge in [-0.1, -0.05) is 13.3 Å². The molecule has 0 bridgehead atoms. The Hall–Kier alpha value is -2.12. The van der Waals surface area contributed by atoms with Gasteiger partial charge >= 0.3 is 11.7 Å². The van der Waals surface area contributed by atoms with Crippen LogP contribution in [0, 0.1) is 10.1 Å². The quantitative estimate of drug-likeness (QED) is 0.429. The van der Waals surface area contributed by atoms with Crippen molar-refractivity contribution in [2.24, 2.45) is 0 Å². The molecule has 18 heavy (non-hydrogen) atoms. The number of nitrogens with zero attached hydrogens (tertiary/aromatic N) is 3. The second-order valence-corrected chi connectivity index (χ2v) is 3.75. The third-order valence-electron chi connectivity index (χ3n) is 2.27. The van der Waals surface area contributed by atoms with Crippen LogP contribution < -0.4 is 10.6 Å². The molecular weight excluding hydrogens is 238 g/mol. The predicted molar refractivity (Wildman–Crippen MR) is 65.2 cm³/mol. The van der Waals surface area contributed by atoms with Crippen molar-refractivity contribution >= 4 is 11.7 Å². The third-order valence-corrected chi connectivity index (χ3v) is 2.27. The van der Waals surface area contributed by atoms with Crippen molar-refractivity contribution in [1.82, 2.24) is 20.4 Å². The fourth-order valence-corrected chi connectivity index (χ4v) is 1.29. The van der Waals surface area contributed by atoms with Crippen molar-refractivity contribution in [2.75, 3.05) is 13.1 Å². The van der Waals surface area contributed by atoms with Crippen LogP contribution in [0.1, 0.15) is 19.8 Å². The summed E-state index contributed by atoms with van der Waals surface area (Å²) >= 11 is 0. The molecule has 0 aromatic carbocycles. The smallest absolute Gasteiger partial charge is 0.314 e. The number of unbranched alkanes of at least 4 members (excludes halogenated alkanes) is 1. The van der Waals surface area contributed by atoms with Crippen LogP contribution in [0.4, 0.5) is 10.5 Å². The molecule has 1 aromatic heterocycles. The zero-order valence-corrected chi connectivity index (χ0v) is 10.3. The van der Waals surface area contributed by atoms with Gasteiger partial charge in [-0.05, 0) is 6.42 Å². The molecule has 2 N–H and O–H groups in total. The number of urea groups is 1. The highest BCUT2D eigenvalue weighted by Gasteiger charge is 2.08. The van der Waals surface area contributed by atoms with Crippen LogP contribution in [-0.2, 0) is 6.54 Å². The number of carbonyl (C=O) groups is 1. The van der Waals surface area contributed by atoms with E-state index in [9.17, 15) is 14.9 Å². The van der Waals surface area contributed by atoms with Crippen molar-refractivity contribution < 1.29 is 9.72 Å². The number of nitrogens with one attached hydrogen (secondary N) is 2. The van der Waals surface area contributed by atoms with E-state index in [1.165, 1.54) is 17.1 Å². The van der Waals surface area contributed by atoms with Gasteiger partial charge < -0.3 is 10.6 Å². The molecule has 0 fully saturated rings. The van der Waals surface area contributed by atoms with Gasteiger partial charge in [-0.15, -0.1) is 0 Å². The molecule has 0 unspecified atom stereocenters. The largest absolute Gasteiger partial charge is 0.338 e. The minimum atomic E-state index is -0.506. The van der Waals surface area contributed by atoms with Gasteiger partial charge in [-0.25, -0.2) is 4.79 Å². The highest BCUT2D eigenvalue weighted by Crippen LogP contribution is 2.06. The normalized spacial score (nSPS) is 10.1. The lowest BCUT2D eigenvalue weighted by atomic mass is 10.3. The number of rotatable bonds is 7. The summed E-state index contributed by atoms with van der Waals surface area (Å²) < 4.78 is 1.42. The van der Waals surface area contributed by atoms with Gasteiger partial charge in [0, 0.05) is 13.1 Å². The number of hydrogen-bond acceptors (Lipinski definition) is 4. The lowest BCUT2D eigenvalue weighted by Gasteiger charge is -2.06. The van der Waals surface area contributed by atoms with Crippen LogP contribution in [0.15, 0.2) is 12.4 Å². The number of carbonyl (C=O) groups excluding carboxylic acids is 1. The molecule has 1 aromatic rings. The molecule has 0 aliphatic heterocycles. The monoisotopic (exact) mass is 255 g/mol. The Morgan fingerprint density at radius 3 is 2.83 bits per heavy atom. The molecule has 0 radical (unpaired) electrons. The standard InChI is InChI=1S/C10H17N5O3/c1-2-3-4-11-10(16)12-5-6-14-8-9(7-13-14)15(17)18/h7-8H,2-6H2,1H3,(H2,11,12,16). The van der Waals surface area contributed by atoms with E-state index in [0.717, 1.165) is 12.8 Å². The summed E-state index contributed by atoms with van der Waals surface area (Å²) in [4.78, 5) is 21.2. The minimum Gasteiger partial charge on any atom is -0.338 e. The second kappa shape index (κ2) is 7.25. The first-order valence-corrected chi connectivity index (χ1v) is 5.82. The summed E-state index contributed by atoms with van der Waals surface area (Å²) in [7, 11) is 0. The molecule has 0 spiro atoms. The number of hydrogen-bond donors (Lipinski definition) is 2. The Kier molecular flexibility index (Phi) is 5.62. The minimum absolute atomic E-state index is 0.0533. The van der Waals surface area contributed by atoms with Gasteiger partial charge in [-0.3, -0.25) is 14.8 Å². The first-order valence-electron chi connectivity index (χ1n) is 5.82. The average molecular weight is 255 g/mol. The van der Waals surface area contributed by atoms with Gasteiger partial charge in [0.05, 0.1) is 11.5 Å².